The SMILES string of the molecule is O=C(CC(O)c1cccc(F)c1)N1CCCC(c2ncc[nH]2)C1. The van der Waals surface area contributed by atoms with Gasteiger partial charge in [0, 0.05) is 31.4 Å². The molecular weight excluding hydrogens is 297 g/mol. The largest absolute Gasteiger partial charge is 0.388 e. The van der Waals surface area contributed by atoms with Crippen LogP contribution in [-0.4, -0.2) is 39.0 Å². The molecule has 122 valence electrons. The Labute approximate surface area is 134 Å². The molecule has 23 heavy (non-hydrogen) atoms. The molecule has 0 aliphatic carbocycles. The van der Waals surface area contributed by atoms with Gasteiger partial charge in [-0.2, -0.15) is 0 Å². The summed E-state index contributed by atoms with van der Waals surface area (Å²) in [6.45, 7) is 1.29. The van der Waals surface area contributed by atoms with Crippen LogP contribution in [0.1, 0.15) is 42.7 Å². The minimum Gasteiger partial charge on any atom is -0.388 e. The highest BCUT2D eigenvalue weighted by atomic mass is 19.1. The Balaban J connectivity index is 1.61. The zero-order valence-electron chi connectivity index (χ0n) is 12.8. The van der Waals surface area contributed by atoms with Crippen LogP contribution in [0.3, 0.4) is 0 Å². The normalized spacial score (nSPS) is 19.6. The van der Waals surface area contributed by atoms with E-state index in [0.29, 0.717) is 18.7 Å². The number of carbonyl (C=O) groups is 1. The summed E-state index contributed by atoms with van der Waals surface area (Å²) < 4.78 is 13.2. The number of hydrogen-bond donors (Lipinski definition) is 2. The quantitative estimate of drug-likeness (QED) is 0.909. The Kier molecular flexibility index (Phi) is 4.71. The van der Waals surface area contributed by atoms with Gasteiger partial charge in [-0.05, 0) is 30.5 Å². The second-order valence-corrected chi connectivity index (χ2v) is 5.93. The molecule has 1 aliphatic rings. The number of benzene rings is 1. The zero-order valence-corrected chi connectivity index (χ0v) is 12.8. The van der Waals surface area contributed by atoms with E-state index in [1.807, 2.05) is 0 Å². The predicted octanol–water partition coefficient (Wildman–Crippen LogP) is 2.38. The summed E-state index contributed by atoms with van der Waals surface area (Å²) in [7, 11) is 0. The van der Waals surface area contributed by atoms with Gasteiger partial charge in [0.15, 0.2) is 0 Å². The molecule has 1 fully saturated rings. The van der Waals surface area contributed by atoms with Gasteiger partial charge in [-0.15, -0.1) is 0 Å². The number of halogens is 1. The number of nitrogens with one attached hydrogen (secondary N) is 1. The molecule has 2 aromatic rings. The molecule has 0 bridgehead atoms. The van der Waals surface area contributed by atoms with E-state index in [1.54, 1.807) is 23.4 Å². The molecule has 0 radical (unpaired) electrons. The molecular formula is C17H20FN3O2. The number of H-pyrrole nitrogens is 1. The summed E-state index contributed by atoms with van der Waals surface area (Å²) in [5.74, 6) is 0.574. The van der Waals surface area contributed by atoms with Crippen molar-refractivity contribution in [2.24, 2.45) is 0 Å². The summed E-state index contributed by atoms with van der Waals surface area (Å²) in [5, 5.41) is 10.2. The van der Waals surface area contributed by atoms with Gasteiger partial charge >= 0.3 is 0 Å². The Morgan fingerprint density at radius 1 is 1.52 bits per heavy atom. The van der Waals surface area contributed by atoms with Gasteiger partial charge in [0.05, 0.1) is 12.5 Å². The van der Waals surface area contributed by atoms with Crippen molar-refractivity contribution in [3.8, 4) is 0 Å². The lowest BCUT2D eigenvalue weighted by molar-refractivity contribution is -0.134. The van der Waals surface area contributed by atoms with Crippen molar-refractivity contribution in [2.45, 2.75) is 31.3 Å². The van der Waals surface area contributed by atoms with Gasteiger partial charge in [0.2, 0.25) is 5.91 Å². The lowest BCUT2D eigenvalue weighted by Crippen LogP contribution is -2.39. The number of amides is 1. The van der Waals surface area contributed by atoms with Crippen molar-refractivity contribution in [1.82, 2.24) is 14.9 Å². The molecule has 3 rings (SSSR count). The highest BCUT2D eigenvalue weighted by Crippen LogP contribution is 2.26. The van der Waals surface area contributed by atoms with Crippen LogP contribution >= 0.6 is 0 Å². The molecule has 1 aromatic carbocycles. The third-order valence-electron chi connectivity index (χ3n) is 4.28. The molecule has 0 spiro atoms. The van der Waals surface area contributed by atoms with Gasteiger partial charge in [-0.1, -0.05) is 12.1 Å². The summed E-state index contributed by atoms with van der Waals surface area (Å²) in [6.07, 6.45) is 4.38. The highest BCUT2D eigenvalue weighted by Gasteiger charge is 2.27. The van der Waals surface area contributed by atoms with Crippen LogP contribution in [0.25, 0.3) is 0 Å². The van der Waals surface area contributed by atoms with E-state index < -0.39 is 11.9 Å². The van der Waals surface area contributed by atoms with E-state index in [-0.39, 0.29) is 18.2 Å². The van der Waals surface area contributed by atoms with Crippen molar-refractivity contribution >= 4 is 5.91 Å². The third kappa shape index (κ3) is 3.76. The number of aliphatic hydroxyl groups is 1. The Bertz CT molecular complexity index is 660. The Hall–Kier alpha value is -2.21. The van der Waals surface area contributed by atoms with E-state index in [2.05, 4.69) is 9.97 Å². The summed E-state index contributed by atoms with van der Waals surface area (Å²) in [5.41, 5.74) is 0.429. The Morgan fingerprint density at radius 2 is 2.39 bits per heavy atom. The molecule has 1 aliphatic heterocycles. The number of aliphatic hydroxyl groups excluding tert-OH is 1. The molecule has 1 amide bonds. The molecule has 5 nitrogen and oxygen atoms in total. The molecule has 0 saturated carbocycles. The number of piperidine rings is 1. The maximum Gasteiger partial charge on any atom is 0.225 e. The van der Waals surface area contributed by atoms with Crippen molar-refractivity contribution in [1.29, 1.82) is 0 Å². The van der Waals surface area contributed by atoms with Gasteiger partial charge in [0.1, 0.15) is 11.6 Å². The molecule has 1 aromatic heterocycles. The number of aromatic nitrogens is 2. The van der Waals surface area contributed by atoms with Crippen molar-refractivity contribution < 1.29 is 14.3 Å². The average Bonchev–Trinajstić information content (AvgIpc) is 3.09. The van der Waals surface area contributed by atoms with Crippen LogP contribution < -0.4 is 0 Å². The van der Waals surface area contributed by atoms with Crippen LogP contribution in [0.15, 0.2) is 36.7 Å². The monoisotopic (exact) mass is 317 g/mol. The Morgan fingerprint density at radius 3 is 3.13 bits per heavy atom. The zero-order chi connectivity index (χ0) is 16.2. The maximum absolute atomic E-state index is 13.2. The van der Waals surface area contributed by atoms with Crippen molar-refractivity contribution in [3.05, 3.63) is 53.9 Å². The van der Waals surface area contributed by atoms with E-state index in [1.165, 1.54) is 18.2 Å². The first-order valence-corrected chi connectivity index (χ1v) is 7.84. The van der Waals surface area contributed by atoms with Gasteiger partial charge in [-0.25, -0.2) is 9.37 Å². The second kappa shape index (κ2) is 6.91. The van der Waals surface area contributed by atoms with Gasteiger partial charge < -0.3 is 15.0 Å². The maximum atomic E-state index is 13.2. The number of hydrogen-bond acceptors (Lipinski definition) is 3. The minimum atomic E-state index is -0.984. The topological polar surface area (TPSA) is 69.2 Å². The molecule has 6 heteroatoms. The van der Waals surface area contributed by atoms with Crippen molar-refractivity contribution in [2.75, 3.05) is 13.1 Å². The number of aromatic amines is 1. The number of imidazole rings is 1. The first kappa shape index (κ1) is 15.7. The summed E-state index contributed by atoms with van der Waals surface area (Å²) >= 11 is 0. The number of nitrogens with zero attached hydrogens (tertiary/aromatic N) is 2. The van der Waals surface area contributed by atoms with Crippen LogP contribution in [0.2, 0.25) is 0 Å². The number of likely N-dealkylation sites (tertiary alicyclic amines) is 1. The first-order valence-electron chi connectivity index (χ1n) is 7.84. The summed E-state index contributed by atoms with van der Waals surface area (Å²) in [6, 6.07) is 5.74. The molecule has 2 unspecified atom stereocenters. The standard InChI is InChI=1S/C17H20FN3O2/c18-14-5-1-3-12(9-14)15(22)10-16(23)21-8-2-4-13(11-21)17-19-6-7-20-17/h1,3,5-7,9,13,15,22H,2,4,8,10-11H2,(H,19,20). The molecule has 1 saturated heterocycles. The van der Waals surface area contributed by atoms with Crippen LogP contribution in [-0.2, 0) is 4.79 Å². The fourth-order valence-electron chi connectivity index (χ4n) is 3.05. The molecule has 2 heterocycles. The second-order valence-electron chi connectivity index (χ2n) is 5.93. The van der Waals surface area contributed by atoms with Crippen LogP contribution in [0.4, 0.5) is 4.39 Å². The van der Waals surface area contributed by atoms with E-state index >= 15 is 0 Å². The summed E-state index contributed by atoms with van der Waals surface area (Å²) in [4.78, 5) is 21.6. The predicted molar refractivity (Wildman–Crippen MR) is 83.1 cm³/mol. The fourth-order valence-corrected chi connectivity index (χ4v) is 3.05. The first-order chi connectivity index (χ1) is 11.1. The lowest BCUT2D eigenvalue weighted by Gasteiger charge is -2.32. The molecule has 2 atom stereocenters. The van der Waals surface area contributed by atoms with E-state index in [9.17, 15) is 14.3 Å². The lowest BCUT2D eigenvalue weighted by atomic mass is 9.96. The molecule has 2 N–H and O–H groups in total. The minimum absolute atomic E-state index is 0.0334. The average molecular weight is 317 g/mol. The highest BCUT2D eigenvalue weighted by molar-refractivity contribution is 5.77. The third-order valence-corrected chi connectivity index (χ3v) is 4.28. The van der Waals surface area contributed by atoms with E-state index in [4.69, 9.17) is 0 Å². The fraction of sp³-hybridized carbons (Fsp3) is 0.412. The number of rotatable bonds is 4. The van der Waals surface area contributed by atoms with Crippen LogP contribution in [0.5, 0.6) is 0 Å². The number of carbonyl (C=O) groups excluding carboxylic acids is 1. The van der Waals surface area contributed by atoms with Gasteiger partial charge in [-0.3, -0.25) is 4.79 Å². The van der Waals surface area contributed by atoms with Crippen LogP contribution in [0, 0.1) is 5.82 Å². The van der Waals surface area contributed by atoms with Gasteiger partial charge in [0.25, 0.3) is 0 Å². The smallest absolute Gasteiger partial charge is 0.225 e. The van der Waals surface area contributed by atoms with E-state index in [0.717, 1.165) is 18.7 Å². The van der Waals surface area contributed by atoms with Crippen molar-refractivity contribution in [3.63, 3.8) is 0 Å².